The maximum absolute atomic E-state index is 3.65. The van der Waals surface area contributed by atoms with Crippen molar-refractivity contribution in [3.05, 3.63) is 34.9 Å². The zero-order chi connectivity index (χ0) is 14.0. The first-order chi connectivity index (χ1) is 8.86. The van der Waals surface area contributed by atoms with Crippen LogP contribution < -0.4 is 5.32 Å². The number of nitrogens with one attached hydrogen (secondary N) is 1. The van der Waals surface area contributed by atoms with Crippen molar-refractivity contribution in [2.45, 2.75) is 47.2 Å². The van der Waals surface area contributed by atoms with Crippen LogP contribution in [0.1, 0.15) is 37.5 Å². The Hall–Kier alpha value is -0.860. The highest BCUT2D eigenvalue weighted by Crippen LogP contribution is 2.22. The number of hydrogen-bond donors (Lipinski definition) is 1. The Labute approximate surface area is 118 Å². The maximum Gasteiger partial charge on any atom is 0.0244 e. The van der Waals surface area contributed by atoms with Crippen LogP contribution in [0.4, 0.5) is 0 Å². The van der Waals surface area contributed by atoms with E-state index in [0.717, 1.165) is 26.2 Å². The Balaban J connectivity index is 2.00. The van der Waals surface area contributed by atoms with E-state index in [1.165, 1.54) is 16.7 Å². The molecule has 1 atom stereocenters. The molecular weight excluding hydrogens is 232 g/mol. The molecular formula is C17H28N2. The smallest absolute Gasteiger partial charge is 0.0244 e. The lowest BCUT2D eigenvalue weighted by atomic mass is 9.85. The lowest BCUT2D eigenvalue weighted by molar-refractivity contribution is 0.129. The van der Waals surface area contributed by atoms with Crippen LogP contribution in [-0.4, -0.2) is 30.6 Å². The highest BCUT2D eigenvalue weighted by Gasteiger charge is 2.29. The van der Waals surface area contributed by atoms with Gasteiger partial charge in [-0.2, -0.15) is 0 Å². The number of aryl methyl sites for hydroxylation is 2. The van der Waals surface area contributed by atoms with Gasteiger partial charge in [0.15, 0.2) is 0 Å². The van der Waals surface area contributed by atoms with E-state index in [0.29, 0.717) is 11.5 Å². The number of nitrogens with zero attached hydrogens (tertiary/aromatic N) is 1. The van der Waals surface area contributed by atoms with Crippen LogP contribution in [0.15, 0.2) is 18.2 Å². The van der Waals surface area contributed by atoms with Gasteiger partial charge in [0.2, 0.25) is 0 Å². The fourth-order valence-corrected chi connectivity index (χ4v) is 2.69. The van der Waals surface area contributed by atoms with Gasteiger partial charge in [-0.15, -0.1) is 0 Å². The zero-order valence-corrected chi connectivity index (χ0v) is 13.1. The monoisotopic (exact) mass is 260 g/mol. The van der Waals surface area contributed by atoms with E-state index in [4.69, 9.17) is 0 Å². The summed E-state index contributed by atoms with van der Waals surface area (Å²) in [5.41, 5.74) is 4.57. The van der Waals surface area contributed by atoms with Gasteiger partial charge >= 0.3 is 0 Å². The van der Waals surface area contributed by atoms with E-state index in [2.05, 4.69) is 63.0 Å². The Morgan fingerprint density at radius 1 is 1.21 bits per heavy atom. The number of piperazine rings is 1. The van der Waals surface area contributed by atoms with Crippen LogP contribution in [-0.2, 0) is 6.54 Å². The van der Waals surface area contributed by atoms with E-state index in [1.54, 1.807) is 0 Å². The molecule has 1 aliphatic rings. The summed E-state index contributed by atoms with van der Waals surface area (Å²) in [5, 5.41) is 3.65. The fourth-order valence-electron chi connectivity index (χ4n) is 2.69. The highest BCUT2D eigenvalue weighted by atomic mass is 15.2. The second-order valence-corrected chi connectivity index (χ2v) is 7.03. The topological polar surface area (TPSA) is 15.3 Å². The minimum atomic E-state index is 0.335. The Kier molecular flexibility index (Phi) is 4.32. The van der Waals surface area contributed by atoms with Crippen LogP contribution in [0.25, 0.3) is 0 Å². The molecule has 0 radical (unpaired) electrons. The van der Waals surface area contributed by atoms with Crippen molar-refractivity contribution < 1.29 is 0 Å². The highest BCUT2D eigenvalue weighted by molar-refractivity contribution is 5.29. The van der Waals surface area contributed by atoms with Gasteiger partial charge in [-0.05, 0) is 36.0 Å². The summed E-state index contributed by atoms with van der Waals surface area (Å²) in [6.07, 6.45) is 0. The summed E-state index contributed by atoms with van der Waals surface area (Å²) in [5.74, 6) is 0. The SMILES string of the molecule is Cc1ccc(CN2CCNC(C(C)(C)C)C2)cc1C. The second kappa shape index (κ2) is 5.64. The summed E-state index contributed by atoms with van der Waals surface area (Å²) in [4.78, 5) is 2.58. The van der Waals surface area contributed by atoms with E-state index >= 15 is 0 Å². The lowest BCUT2D eigenvalue weighted by Crippen LogP contribution is -2.55. The quantitative estimate of drug-likeness (QED) is 0.879. The summed E-state index contributed by atoms with van der Waals surface area (Å²) >= 11 is 0. The molecule has 0 saturated carbocycles. The molecule has 1 N–H and O–H groups in total. The summed E-state index contributed by atoms with van der Waals surface area (Å²) < 4.78 is 0. The van der Waals surface area contributed by atoms with Crippen molar-refractivity contribution in [2.24, 2.45) is 5.41 Å². The van der Waals surface area contributed by atoms with E-state index in [1.807, 2.05) is 0 Å². The Morgan fingerprint density at radius 2 is 1.95 bits per heavy atom. The average molecular weight is 260 g/mol. The number of rotatable bonds is 2. The number of benzene rings is 1. The first-order valence-corrected chi connectivity index (χ1v) is 7.38. The molecule has 0 aliphatic carbocycles. The molecule has 0 amide bonds. The lowest BCUT2D eigenvalue weighted by Gasteiger charge is -2.40. The molecule has 1 heterocycles. The van der Waals surface area contributed by atoms with Gasteiger partial charge in [0.25, 0.3) is 0 Å². The predicted octanol–water partition coefficient (Wildman–Crippen LogP) is 3.12. The largest absolute Gasteiger partial charge is 0.311 e. The average Bonchev–Trinajstić information content (AvgIpc) is 2.33. The van der Waals surface area contributed by atoms with Crippen LogP contribution in [0.5, 0.6) is 0 Å². The standard InChI is InChI=1S/C17H28N2/c1-13-6-7-15(10-14(13)2)11-19-9-8-18-16(12-19)17(3,4)5/h6-7,10,16,18H,8-9,11-12H2,1-5H3. The van der Waals surface area contributed by atoms with Crippen molar-refractivity contribution in [1.29, 1.82) is 0 Å². The summed E-state index contributed by atoms with van der Waals surface area (Å²) in [6.45, 7) is 15.8. The predicted molar refractivity (Wildman–Crippen MR) is 82.4 cm³/mol. The van der Waals surface area contributed by atoms with Crippen molar-refractivity contribution >= 4 is 0 Å². The van der Waals surface area contributed by atoms with Crippen molar-refractivity contribution in [2.75, 3.05) is 19.6 Å². The normalized spacial score (nSPS) is 21.6. The third-order valence-electron chi connectivity index (χ3n) is 4.28. The first kappa shape index (κ1) is 14.5. The minimum Gasteiger partial charge on any atom is -0.311 e. The first-order valence-electron chi connectivity index (χ1n) is 7.38. The molecule has 2 rings (SSSR count). The van der Waals surface area contributed by atoms with Crippen molar-refractivity contribution in [3.63, 3.8) is 0 Å². The van der Waals surface area contributed by atoms with Gasteiger partial charge in [0.05, 0.1) is 0 Å². The van der Waals surface area contributed by atoms with Crippen molar-refractivity contribution in [1.82, 2.24) is 10.2 Å². The molecule has 2 heteroatoms. The van der Waals surface area contributed by atoms with Gasteiger partial charge in [-0.25, -0.2) is 0 Å². The fraction of sp³-hybridized carbons (Fsp3) is 0.647. The molecule has 19 heavy (non-hydrogen) atoms. The third-order valence-corrected chi connectivity index (χ3v) is 4.28. The van der Waals surface area contributed by atoms with Gasteiger partial charge < -0.3 is 5.32 Å². The van der Waals surface area contributed by atoms with Crippen molar-refractivity contribution in [3.8, 4) is 0 Å². The molecule has 0 aromatic heterocycles. The zero-order valence-electron chi connectivity index (χ0n) is 13.1. The molecule has 1 aromatic carbocycles. The van der Waals surface area contributed by atoms with Gasteiger partial charge in [0.1, 0.15) is 0 Å². The van der Waals surface area contributed by atoms with Gasteiger partial charge in [-0.1, -0.05) is 39.0 Å². The molecule has 106 valence electrons. The van der Waals surface area contributed by atoms with E-state index < -0.39 is 0 Å². The minimum absolute atomic E-state index is 0.335. The number of hydrogen-bond acceptors (Lipinski definition) is 2. The van der Waals surface area contributed by atoms with Gasteiger partial charge in [-0.3, -0.25) is 4.90 Å². The maximum atomic E-state index is 3.65. The molecule has 1 unspecified atom stereocenters. The van der Waals surface area contributed by atoms with Crippen LogP contribution in [0.2, 0.25) is 0 Å². The van der Waals surface area contributed by atoms with Crippen LogP contribution in [0.3, 0.4) is 0 Å². The Bertz CT molecular complexity index is 431. The third kappa shape index (κ3) is 3.80. The van der Waals surface area contributed by atoms with E-state index in [-0.39, 0.29) is 0 Å². The summed E-state index contributed by atoms with van der Waals surface area (Å²) in [7, 11) is 0. The second-order valence-electron chi connectivity index (χ2n) is 7.03. The Morgan fingerprint density at radius 3 is 2.58 bits per heavy atom. The molecule has 1 aliphatic heterocycles. The van der Waals surface area contributed by atoms with Crippen LogP contribution in [0, 0.1) is 19.3 Å². The molecule has 1 fully saturated rings. The molecule has 1 saturated heterocycles. The molecule has 0 spiro atoms. The molecule has 0 bridgehead atoms. The molecule has 2 nitrogen and oxygen atoms in total. The van der Waals surface area contributed by atoms with Gasteiger partial charge in [0, 0.05) is 32.2 Å². The van der Waals surface area contributed by atoms with E-state index in [9.17, 15) is 0 Å². The van der Waals surface area contributed by atoms with Crippen LogP contribution >= 0.6 is 0 Å². The molecule has 1 aromatic rings. The summed E-state index contributed by atoms with van der Waals surface area (Å²) in [6, 6.07) is 7.45.